The first-order valence-corrected chi connectivity index (χ1v) is 6.06. The molecule has 0 bridgehead atoms. The molecule has 0 spiro atoms. The van der Waals surface area contributed by atoms with Crippen molar-refractivity contribution < 1.29 is 4.39 Å². The summed E-state index contributed by atoms with van der Waals surface area (Å²) >= 11 is 0. The highest BCUT2D eigenvalue weighted by Crippen LogP contribution is 2.20. The van der Waals surface area contributed by atoms with Gasteiger partial charge in [0.25, 0.3) is 0 Å². The summed E-state index contributed by atoms with van der Waals surface area (Å²) < 4.78 is 16.8. The number of benzene rings is 1. The van der Waals surface area contributed by atoms with E-state index < -0.39 is 0 Å². The van der Waals surface area contributed by atoms with E-state index in [-0.39, 0.29) is 5.82 Å². The maximum atomic E-state index is 13.3. The van der Waals surface area contributed by atoms with E-state index in [9.17, 15) is 4.39 Å². The maximum Gasteiger partial charge on any atom is 0.232 e. The van der Waals surface area contributed by atoms with E-state index in [0.717, 1.165) is 23.5 Å². The highest BCUT2D eigenvalue weighted by molar-refractivity contribution is 5.58. The zero-order valence-electron chi connectivity index (χ0n) is 10.5. The van der Waals surface area contributed by atoms with Crippen LogP contribution in [0.15, 0.2) is 30.5 Å². The molecule has 98 valence electrons. The van der Waals surface area contributed by atoms with E-state index in [1.54, 1.807) is 10.6 Å². The minimum Gasteiger partial charge on any atom is -0.330 e. The smallest absolute Gasteiger partial charge is 0.232 e. The van der Waals surface area contributed by atoms with Gasteiger partial charge in [0.2, 0.25) is 5.78 Å². The summed E-state index contributed by atoms with van der Waals surface area (Å²) in [6, 6.07) is 6.37. The number of aryl methyl sites for hydroxylation is 1. The number of aromatic nitrogens is 4. The monoisotopic (exact) mass is 259 g/mol. The molecule has 2 aromatic heterocycles. The van der Waals surface area contributed by atoms with Crippen molar-refractivity contribution in [3.8, 4) is 11.4 Å². The minimum absolute atomic E-state index is 0.276. The van der Waals surface area contributed by atoms with E-state index in [0.29, 0.717) is 12.4 Å². The molecule has 19 heavy (non-hydrogen) atoms. The Balaban J connectivity index is 2.10. The lowest BCUT2D eigenvalue weighted by atomic mass is 10.2. The number of nitrogens with zero attached hydrogens (tertiary/aromatic N) is 4. The fraction of sp³-hybridized carbons (Fsp3) is 0.231. The van der Waals surface area contributed by atoms with Gasteiger partial charge in [-0.3, -0.25) is 4.57 Å². The van der Waals surface area contributed by atoms with Gasteiger partial charge in [-0.1, -0.05) is 12.1 Å². The van der Waals surface area contributed by atoms with Gasteiger partial charge >= 0.3 is 0 Å². The molecule has 3 aromatic rings. The Bertz CT molecular complexity index is 728. The zero-order chi connectivity index (χ0) is 13.4. The highest BCUT2D eigenvalue weighted by atomic mass is 19.1. The fourth-order valence-electron chi connectivity index (χ4n) is 2.12. The first kappa shape index (κ1) is 11.9. The molecule has 3 rings (SSSR count). The molecule has 1 aromatic carbocycles. The van der Waals surface area contributed by atoms with Crippen LogP contribution in [-0.2, 0) is 13.5 Å². The normalized spacial score (nSPS) is 11.3. The van der Waals surface area contributed by atoms with Crippen LogP contribution in [0.4, 0.5) is 4.39 Å². The van der Waals surface area contributed by atoms with Gasteiger partial charge in [-0.25, -0.2) is 13.9 Å². The molecule has 0 atom stereocenters. The van der Waals surface area contributed by atoms with Gasteiger partial charge < -0.3 is 5.73 Å². The molecule has 6 heteroatoms. The van der Waals surface area contributed by atoms with Gasteiger partial charge in [0, 0.05) is 19.0 Å². The summed E-state index contributed by atoms with van der Waals surface area (Å²) in [5, 5.41) is 4.44. The van der Waals surface area contributed by atoms with E-state index in [4.69, 9.17) is 5.73 Å². The number of imidazole rings is 1. The summed E-state index contributed by atoms with van der Waals surface area (Å²) in [6.07, 6.45) is 2.57. The van der Waals surface area contributed by atoms with Gasteiger partial charge in [0.05, 0.1) is 11.9 Å². The Morgan fingerprint density at radius 1 is 1.37 bits per heavy atom. The van der Waals surface area contributed by atoms with Gasteiger partial charge in [0.1, 0.15) is 5.82 Å². The first-order chi connectivity index (χ1) is 9.19. The van der Waals surface area contributed by atoms with E-state index in [2.05, 4.69) is 10.1 Å². The topological polar surface area (TPSA) is 61.1 Å². The van der Waals surface area contributed by atoms with Crippen LogP contribution >= 0.6 is 0 Å². The SMILES string of the molecule is Cn1c(-c2cccc(F)c2)nn2cc(CCN)nc12. The predicted octanol–water partition coefficient (Wildman–Crippen LogP) is 1.38. The second-order valence-corrected chi connectivity index (χ2v) is 4.41. The Labute approximate surface area is 109 Å². The van der Waals surface area contributed by atoms with Crippen LogP contribution in [0.1, 0.15) is 5.69 Å². The van der Waals surface area contributed by atoms with Crippen LogP contribution in [0, 0.1) is 5.82 Å². The third-order valence-electron chi connectivity index (χ3n) is 3.02. The van der Waals surface area contributed by atoms with Crippen molar-refractivity contribution in [2.45, 2.75) is 6.42 Å². The average molecular weight is 259 g/mol. The van der Waals surface area contributed by atoms with Gasteiger partial charge in [0.15, 0.2) is 5.82 Å². The van der Waals surface area contributed by atoms with Crippen LogP contribution in [0.2, 0.25) is 0 Å². The standard InChI is InChI=1S/C13H14FN5/c1-18-12(9-3-2-4-10(14)7-9)17-19-8-11(5-6-15)16-13(18)19/h2-4,7-8H,5-6,15H2,1H3. The number of halogens is 1. The molecule has 2 N–H and O–H groups in total. The molecule has 0 unspecified atom stereocenters. The van der Waals surface area contributed by atoms with Gasteiger partial charge in [-0.15, -0.1) is 5.10 Å². The van der Waals surface area contributed by atoms with Crippen LogP contribution in [-0.4, -0.2) is 25.7 Å². The number of fused-ring (bicyclic) bond motifs is 1. The van der Waals surface area contributed by atoms with Gasteiger partial charge in [-0.05, 0) is 18.7 Å². The third kappa shape index (κ3) is 2.00. The molecule has 0 aliphatic heterocycles. The largest absolute Gasteiger partial charge is 0.330 e. The molecule has 2 heterocycles. The van der Waals surface area contributed by atoms with E-state index >= 15 is 0 Å². The Hall–Kier alpha value is -2.21. The third-order valence-corrected chi connectivity index (χ3v) is 3.02. The quantitative estimate of drug-likeness (QED) is 0.773. The summed E-state index contributed by atoms with van der Waals surface area (Å²) in [5.74, 6) is 1.13. The summed E-state index contributed by atoms with van der Waals surface area (Å²) in [7, 11) is 1.86. The number of hydrogen-bond donors (Lipinski definition) is 1. The zero-order valence-corrected chi connectivity index (χ0v) is 10.5. The van der Waals surface area contributed by atoms with Crippen LogP contribution in [0.5, 0.6) is 0 Å². The number of nitrogens with two attached hydrogens (primary N) is 1. The van der Waals surface area contributed by atoms with Crippen LogP contribution in [0.3, 0.4) is 0 Å². The molecule has 0 amide bonds. The maximum absolute atomic E-state index is 13.3. The summed E-state index contributed by atoms with van der Waals surface area (Å²) in [4.78, 5) is 4.46. The number of rotatable bonds is 3. The lowest BCUT2D eigenvalue weighted by molar-refractivity contribution is 0.628. The lowest BCUT2D eigenvalue weighted by Crippen LogP contribution is -2.03. The average Bonchev–Trinajstić information content (AvgIpc) is 2.90. The molecular formula is C13H14FN5. The fourth-order valence-corrected chi connectivity index (χ4v) is 2.12. The molecule has 0 saturated heterocycles. The van der Waals surface area contributed by atoms with Crippen molar-refractivity contribution in [2.75, 3.05) is 6.54 Å². The van der Waals surface area contributed by atoms with Crippen molar-refractivity contribution >= 4 is 5.78 Å². The molecule has 0 saturated carbocycles. The van der Waals surface area contributed by atoms with Crippen molar-refractivity contribution in [2.24, 2.45) is 12.8 Å². The second-order valence-electron chi connectivity index (χ2n) is 4.41. The Morgan fingerprint density at radius 2 is 2.21 bits per heavy atom. The van der Waals surface area contributed by atoms with Crippen molar-refractivity contribution in [3.63, 3.8) is 0 Å². The van der Waals surface area contributed by atoms with Crippen molar-refractivity contribution in [1.29, 1.82) is 0 Å². The second kappa shape index (κ2) is 4.47. The van der Waals surface area contributed by atoms with E-state index in [1.165, 1.54) is 12.1 Å². The summed E-state index contributed by atoms with van der Waals surface area (Å²) in [6.45, 7) is 0.556. The molecule has 0 radical (unpaired) electrons. The van der Waals surface area contributed by atoms with Crippen molar-refractivity contribution in [3.05, 3.63) is 42.0 Å². The molecule has 5 nitrogen and oxygen atoms in total. The molecule has 0 aliphatic carbocycles. The minimum atomic E-state index is -0.276. The molecular weight excluding hydrogens is 245 g/mol. The Kier molecular flexibility index (Phi) is 2.79. The highest BCUT2D eigenvalue weighted by Gasteiger charge is 2.13. The molecule has 0 aliphatic rings. The number of hydrogen-bond acceptors (Lipinski definition) is 3. The Morgan fingerprint density at radius 3 is 2.89 bits per heavy atom. The molecule has 0 fully saturated rings. The first-order valence-electron chi connectivity index (χ1n) is 6.06. The van der Waals surface area contributed by atoms with Gasteiger partial charge in [-0.2, -0.15) is 0 Å². The van der Waals surface area contributed by atoms with Crippen LogP contribution < -0.4 is 5.73 Å². The van der Waals surface area contributed by atoms with Crippen molar-refractivity contribution in [1.82, 2.24) is 19.2 Å². The summed E-state index contributed by atoms with van der Waals surface area (Å²) in [5.41, 5.74) is 7.15. The van der Waals surface area contributed by atoms with E-state index in [1.807, 2.05) is 23.9 Å². The predicted molar refractivity (Wildman–Crippen MR) is 70.1 cm³/mol. The van der Waals surface area contributed by atoms with Crippen LogP contribution in [0.25, 0.3) is 17.2 Å². The lowest BCUT2D eigenvalue weighted by Gasteiger charge is -2.00.